The number of hydrogen-bond acceptors (Lipinski definition) is 2. The molecule has 0 spiro atoms. The Morgan fingerprint density at radius 2 is 1.82 bits per heavy atom. The highest BCUT2D eigenvalue weighted by Gasteiger charge is 2.16. The van der Waals surface area contributed by atoms with Gasteiger partial charge in [0, 0.05) is 16.2 Å². The number of thioether (sulfide) groups is 1. The Kier molecular flexibility index (Phi) is 2.81. The van der Waals surface area contributed by atoms with Gasteiger partial charge in [-0.25, -0.2) is 0 Å². The highest BCUT2D eigenvalue weighted by molar-refractivity contribution is 7.98. The molecule has 3 rings (SSSR count). The van der Waals surface area contributed by atoms with Crippen LogP contribution in [0, 0.1) is 0 Å². The molecule has 1 aliphatic rings. The first-order chi connectivity index (χ1) is 8.38. The third kappa shape index (κ3) is 1.93. The Morgan fingerprint density at radius 3 is 2.71 bits per heavy atom. The third-order valence-electron chi connectivity index (χ3n) is 3.18. The molecule has 0 fully saturated rings. The predicted octanol–water partition coefficient (Wildman–Crippen LogP) is 3.89. The van der Waals surface area contributed by atoms with E-state index in [0.29, 0.717) is 0 Å². The van der Waals surface area contributed by atoms with Crippen molar-refractivity contribution < 1.29 is 4.74 Å². The van der Waals surface area contributed by atoms with Crippen molar-refractivity contribution in [3.63, 3.8) is 0 Å². The second kappa shape index (κ2) is 4.46. The average Bonchev–Trinajstić information content (AvgIpc) is 2.57. The van der Waals surface area contributed by atoms with E-state index in [4.69, 9.17) is 4.74 Å². The molecule has 2 aromatic carbocycles. The van der Waals surface area contributed by atoms with Crippen molar-refractivity contribution in [1.29, 1.82) is 0 Å². The van der Waals surface area contributed by atoms with Crippen molar-refractivity contribution in [2.45, 2.75) is 17.1 Å². The lowest BCUT2D eigenvalue weighted by atomic mass is 10.00. The Hall–Kier alpha value is -1.41. The first-order valence-corrected chi connectivity index (χ1v) is 6.72. The summed E-state index contributed by atoms with van der Waals surface area (Å²) in [5.41, 5.74) is 4.16. The number of rotatable bonds is 1. The van der Waals surface area contributed by atoms with Crippen LogP contribution in [0.15, 0.2) is 47.4 Å². The van der Waals surface area contributed by atoms with E-state index in [1.165, 1.54) is 21.6 Å². The number of methoxy groups -OCH3 is 1. The first kappa shape index (κ1) is 10.7. The molecule has 0 aliphatic carbocycles. The molecule has 0 saturated carbocycles. The third-order valence-corrected chi connectivity index (χ3v) is 4.32. The van der Waals surface area contributed by atoms with Crippen molar-refractivity contribution in [1.82, 2.24) is 0 Å². The lowest BCUT2D eigenvalue weighted by molar-refractivity contribution is 0.411. The van der Waals surface area contributed by atoms with E-state index in [1.807, 2.05) is 11.8 Å². The molecule has 0 bridgehead atoms. The fourth-order valence-corrected chi connectivity index (χ4v) is 3.41. The maximum absolute atomic E-state index is 5.45. The molecule has 0 aromatic heterocycles. The number of fused-ring (bicyclic) bond motifs is 2. The summed E-state index contributed by atoms with van der Waals surface area (Å²) in [5.74, 6) is 2.01. The summed E-state index contributed by atoms with van der Waals surface area (Å²) in [6.07, 6.45) is 1.01. The van der Waals surface area contributed by atoms with Crippen LogP contribution in [0.25, 0.3) is 0 Å². The van der Waals surface area contributed by atoms with Crippen LogP contribution in [0.4, 0.5) is 0 Å². The Bertz CT molecular complexity index is 548. The van der Waals surface area contributed by atoms with E-state index >= 15 is 0 Å². The quantitative estimate of drug-likeness (QED) is 0.750. The lowest BCUT2D eigenvalue weighted by Gasteiger charge is -2.10. The van der Waals surface area contributed by atoms with Crippen LogP contribution in [0.3, 0.4) is 0 Å². The van der Waals surface area contributed by atoms with Gasteiger partial charge in [-0.15, -0.1) is 11.8 Å². The molecule has 0 N–H and O–H groups in total. The summed E-state index contributed by atoms with van der Waals surface area (Å²) < 4.78 is 5.45. The Balaban J connectivity index is 2.09. The second-order valence-corrected chi connectivity index (χ2v) is 5.19. The molecule has 0 atom stereocenters. The van der Waals surface area contributed by atoms with Crippen LogP contribution in [0.5, 0.6) is 5.75 Å². The number of ether oxygens (including phenoxy) is 1. The van der Waals surface area contributed by atoms with Gasteiger partial charge in [-0.05, 0) is 29.7 Å². The molecule has 1 aliphatic heterocycles. The van der Waals surface area contributed by atoms with Crippen LogP contribution >= 0.6 is 11.8 Å². The predicted molar refractivity (Wildman–Crippen MR) is 71.8 cm³/mol. The van der Waals surface area contributed by atoms with E-state index in [-0.39, 0.29) is 0 Å². The average molecular weight is 242 g/mol. The summed E-state index contributed by atoms with van der Waals surface area (Å²) in [6, 6.07) is 15.0. The van der Waals surface area contributed by atoms with Gasteiger partial charge in [0.05, 0.1) is 7.11 Å². The summed E-state index contributed by atoms with van der Waals surface area (Å²) >= 11 is 1.90. The SMILES string of the molecule is COc1cccc2c1CSc1ccccc1C2. The number of hydrogen-bond donors (Lipinski definition) is 0. The molecule has 0 saturated heterocycles. The van der Waals surface area contributed by atoms with Crippen LogP contribution in [0.1, 0.15) is 16.7 Å². The molecular formula is C15H14OS. The molecule has 2 aromatic rings. The van der Waals surface area contributed by atoms with Crippen LogP contribution in [-0.4, -0.2) is 7.11 Å². The van der Waals surface area contributed by atoms with E-state index in [9.17, 15) is 0 Å². The summed E-state index contributed by atoms with van der Waals surface area (Å²) in [6.45, 7) is 0. The zero-order valence-corrected chi connectivity index (χ0v) is 10.6. The minimum atomic E-state index is 0.996. The molecule has 0 amide bonds. The van der Waals surface area contributed by atoms with Gasteiger partial charge >= 0.3 is 0 Å². The highest BCUT2D eigenvalue weighted by Crippen LogP contribution is 2.37. The summed E-state index contributed by atoms with van der Waals surface area (Å²) in [7, 11) is 1.75. The number of benzene rings is 2. The fourth-order valence-electron chi connectivity index (χ4n) is 2.28. The fraction of sp³-hybridized carbons (Fsp3) is 0.200. The zero-order chi connectivity index (χ0) is 11.7. The van der Waals surface area contributed by atoms with Gasteiger partial charge in [-0.1, -0.05) is 30.3 Å². The maximum atomic E-state index is 5.45. The standard InChI is InChI=1S/C15H14OS/c1-16-14-7-4-6-11-9-12-5-2-3-8-15(12)17-10-13(11)14/h2-8H,9-10H2,1H3. The molecule has 0 radical (unpaired) electrons. The van der Waals surface area contributed by atoms with Crippen molar-refractivity contribution in [2.75, 3.05) is 7.11 Å². The smallest absolute Gasteiger partial charge is 0.123 e. The van der Waals surface area contributed by atoms with Crippen molar-refractivity contribution in [3.8, 4) is 5.75 Å². The van der Waals surface area contributed by atoms with Crippen molar-refractivity contribution >= 4 is 11.8 Å². The van der Waals surface area contributed by atoms with Crippen LogP contribution < -0.4 is 4.74 Å². The van der Waals surface area contributed by atoms with Gasteiger partial charge < -0.3 is 4.74 Å². The largest absolute Gasteiger partial charge is 0.496 e. The topological polar surface area (TPSA) is 9.23 Å². The molecule has 2 heteroatoms. The zero-order valence-electron chi connectivity index (χ0n) is 9.77. The molecule has 0 unspecified atom stereocenters. The Labute approximate surface area is 106 Å². The maximum Gasteiger partial charge on any atom is 0.123 e. The van der Waals surface area contributed by atoms with E-state index < -0.39 is 0 Å². The second-order valence-electron chi connectivity index (χ2n) is 4.17. The highest BCUT2D eigenvalue weighted by atomic mass is 32.2. The van der Waals surface area contributed by atoms with E-state index in [1.54, 1.807) is 7.11 Å². The molecule has 86 valence electrons. The lowest BCUT2D eigenvalue weighted by Crippen LogP contribution is -1.95. The van der Waals surface area contributed by atoms with Gasteiger partial charge in [0.2, 0.25) is 0 Å². The minimum Gasteiger partial charge on any atom is -0.496 e. The van der Waals surface area contributed by atoms with Gasteiger partial charge in [0.1, 0.15) is 5.75 Å². The minimum absolute atomic E-state index is 0.996. The molecule has 1 nitrogen and oxygen atoms in total. The van der Waals surface area contributed by atoms with Gasteiger partial charge in [-0.3, -0.25) is 0 Å². The van der Waals surface area contributed by atoms with Gasteiger partial charge in [0.25, 0.3) is 0 Å². The monoisotopic (exact) mass is 242 g/mol. The molecular weight excluding hydrogens is 228 g/mol. The van der Waals surface area contributed by atoms with E-state index in [2.05, 4.69) is 42.5 Å². The Morgan fingerprint density at radius 1 is 1.00 bits per heavy atom. The van der Waals surface area contributed by atoms with Gasteiger partial charge in [-0.2, -0.15) is 0 Å². The van der Waals surface area contributed by atoms with Crippen molar-refractivity contribution in [2.24, 2.45) is 0 Å². The normalized spacial score (nSPS) is 13.5. The van der Waals surface area contributed by atoms with Crippen LogP contribution in [-0.2, 0) is 12.2 Å². The first-order valence-electron chi connectivity index (χ1n) is 5.74. The van der Waals surface area contributed by atoms with Gasteiger partial charge in [0.15, 0.2) is 0 Å². The summed E-state index contributed by atoms with van der Waals surface area (Å²) in [4.78, 5) is 1.39. The van der Waals surface area contributed by atoms with Crippen molar-refractivity contribution in [3.05, 3.63) is 59.2 Å². The van der Waals surface area contributed by atoms with E-state index in [0.717, 1.165) is 17.9 Å². The summed E-state index contributed by atoms with van der Waals surface area (Å²) in [5, 5.41) is 0. The van der Waals surface area contributed by atoms with Crippen LogP contribution in [0.2, 0.25) is 0 Å². The molecule has 1 heterocycles. The molecule has 17 heavy (non-hydrogen) atoms.